The van der Waals surface area contributed by atoms with E-state index in [1.165, 1.54) is 0 Å². The van der Waals surface area contributed by atoms with Crippen LogP contribution in [0.3, 0.4) is 0 Å². The molecule has 0 bridgehead atoms. The Morgan fingerprint density at radius 2 is 2.15 bits per heavy atom. The number of rotatable bonds is 6. The SMILES string of the molecule is CCN(CC)Cc1ccc(C(=O)Nc2[nH]ncc2C)o1. The van der Waals surface area contributed by atoms with Crippen molar-refractivity contribution in [2.75, 3.05) is 18.4 Å². The molecule has 0 unspecified atom stereocenters. The Kier molecular flexibility index (Phi) is 4.57. The highest BCUT2D eigenvalue weighted by Crippen LogP contribution is 2.14. The minimum atomic E-state index is -0.275. The van der Waals surface area contributed by atoms with Crippen molar-refractivity contribution >= 4 is 11.7 Å². The minimum absolute atomic E-state index is 0.275. The number of carbonyl (C=O) groups excluding carboxylic acids is 1. The maximum Gasteiger partial charge on any atom is 0.292 e. The number of nitrogens with zero attached hydrogens (tertiary/aromatic N) is 2. The minimum Gasteiger partial charge on any atom is -0.455 e. The maximum atomic E-state index is 12.0. The van der Waals surface area contributed by atoms with Crippen LogP contribution in [0, 0.1) is 6.92 Å². The molecule has 0 saturated carbocycles. The van der Waals surface area contributed by atoms with E-state index >= 15 is 0 Å². The van der Waals surface area contributed by atoms with Gasteiger partial charge in [-0.15, -0.1) is 0 Å². The second-order valence-corrected chi connectivity index (χ2v) is 4.61. The molecule has 0 aliphatic heterocycles. The molecule has 0 atom stereocenters. The summed E-state index contributed by atoms with van der Waals surface area (Å²) in [5, 5.41) is 9.33. The number of aromatic nitrogens is 2. The maximum absolute atomic E-state index is 12.0. The van der Waals surface area contributed by atoms with Crippen molar-refractivity contribution in [3.63, 3.8) is 0 Å². The summed E-state index contributed by atoms with van der Waals surface area (Å²) in [6.45, 7) is 8.68. The zero-order valence-corrected chi connectivity index (χ0v) is 12.1. The molecule has 20 heavy (non-hydrogen) atoms. The van der Waals surface area contributed by atoms with Gasteiger partial charge in [0.25, 0.3) is 5.91 Å². The molecule has 0 aromatic carbocycles. The van der Waals surface area contributed by atoms with Crippen molar-refractivity contribution in [2.24, 2.45) is 0 Å². The van der Waals surface area contributed by atoms with Crippen molar-refractivity contribution < 1.29 is 9.21 Å². The van der Waals surface area contributed by atoms with E-state index < -0.39 is 0 Å². The molecule has 2 rings (SSSR count). The topological polar surface area (TPSA) is 74.2 Å². The van der Waals surface area contributed by atoms with Crippen molar-refractivity contribution in [1.29, 1.82) is 0 Å². The molecule has 0 saturated heterocycles. The number of nitrogens with one attached hydrogen (secondary N) is 2. The molecule has 0 fully saturated rings. The number of amides is 1. The van der Waals surface area contributed by atoms with E-state index in [-0.39, 0.29) is 5.91 Å². The number of hydrogen-bond acceptors (Lipinski definition) is 4. The van der Waals surface area contributed by atoms with Crippen LogP contribution in [-0.2, 0) is 6.54 Å². The summed E-state index contributed by atoms with van der Waals surface area (Å²) in [5.74, 6) is 1.42. The van der Waals surface area contributed by atoms with Gasteiger partial charge in [0, 0.05) is 5.56 Å². The zero-order valence-electron chi connectivity index (χ0n) is 12.1. The molecule has 0 radical (unpaired) electrons. The standard InChI is InChI=1S/C14H20N4O2/c1-4-18(5-2)9-11-6-7-12(20-11)14(19)16-13-10(3)8-15-17-13/h6-8H,4-5,9H2,1-3H3,(H2,15,16,17,19). The average molecular weight is 276 g/mol. The summed E-state index contributed by atoms with van der Waals surface area (Å²) in [5.41, 5.74) is 0.883. The van der Waals surface area contributed by atoms with E-state index in [9.17, 15) is 4.79 Å². The van der Waals surface area contributed by atoms with E-state index in [1.807, 2.05) is 13.0 Å². The van der Waals surface area contributed by atoms with Crippen LogP contribution in [0.4, 0.5) is 5.82 Å². The van der Waals surface area contributed by atoms with Gasteiger partial charge in [0.15, 0.2) is 5.76 Å². The lowest BCUT2D eigenvalue weighted by molar-refractivity contribution is 0.0992. The number of H-pyrrole nitrogens is 1. The quantitative estimate of drug-likeness (QED) is 0.849. The van der Waals surface area contributed by atoms with Gasteiger partial charge in [-0.25, -0.2) is 0 Å². The third-order valence-electron chi connectivity index (χ3n) is 3.23. The normalized spacial score (nSPS) is 11.0. The Labute approximate surface area is 118 Å². The van der Waals surface area contributed by atoms with Gasteiger partial charge in [-0.2, -0.15) is 5.10 Å². The average Bonchev–Trinajstić information content (AvgIpc) is 3.06. The third-order valence-corrected chi connectivity index (χ3v) is 3.23. The smallest absolute Gasteiger partial charge is 0.292 e. The van der Waals surface area contributed by atoms with Crippen LogP contribution in [0.25, 0.3) is 0 Å². The van der Waals surface area contributed by atoms with Gasteiger partial charge in [-0.3, -0.25) is 14.8 Å². The van der Waals surface area contributed by atoms with Gasteiger partial charge < -0.3 is 9.73 Å². The number of hydrogen-bond donors (Lipinski definition) is 2. The van der Waals surface area contributed by atoms with Gasteiger partial charge in [0.1, 0.15) is 11.6 Å². The fourth-order valence-electron chi connectivity index (χ4n) is 1.90. The molecule has 2 aromatic heterocycles. The first-order chi connectivity index (χ1) is 9.63. The summed E-state index contributed by atoms with van der Waals surface area (Å²) in [7, 11) is 0. The van der Waals surface area contributed by atoms with Gasteiger partial charge in [-0.1, -0.05) is 13.8 Å². The van der Waals surface area contributed by atoms with Crippen molar-refractivity contribution in [2.45, 2.75) is 27.3 Å². The highest BCUT2D eigenvalue weighted by Gasteiger charge is 2.14. The van der Waals surface area contributed by atoms with Gasteiger partial charge in [0.2, 0.25) is 0 Å². The zero-order chi connectivity index (χ0) is 14.5. The lowest BCUT2D eigenvalue weighted by atomic mass is 10.3. The first kappa shape index (κ1) is 14.3. The van der Waals surface area contributed by atoms with Gasteiger partial charge >= 0.3 is 0 Å². The molecule has 6 heteroatoms. The van der Waals surface area contributed by atoms with E-state index in [1.54, 1.807) is 12.3 Å². The number of furan rings is 1. The molecule has 2 N–H and O–H groups in total. The summed E-state index contributed by atoms with van der Waals surface area (Å²) in [4.78, 5) is 14.3. The van der Waals surface area contributed by atoms with Gasteiger partial charge in [0.05, 0.1) is 12.7 Å². The Bertz CT molecular complexity index is 569. The molecule has 0 aliphatic rings. The van der Waals surface area contributed by atoms with Crippen LogP contribution in [0.2, 0.25) is 0 Å². The predicted octanol–water partition coefficient (Wildman–Crippen LogP) is 2.41. The van der Waals surface area contributed by atoms with Crippen LogP contribution in [0.5, 0.6) is 0 Å². The molecule has 108 valence electrons. The van der Waals surface area contributed by atoms with E-state index in [2.05, 4.69) is 34.3 Å². The van der Waals surface area contributed by atoms with E-state index in [0.717, 1.165) is 24.4 Å². The number of aryl methyl sites for hydroxylation is 1. The first-order valence-electron chi connectivity index (χ1n) is 6.76. The number of aromatic amines is 1. The molecule has 0 spiro atoms. The summed E-state index contributed by atoms with van der Waals surface area (Å²) in [6, 6.07) is 3.53. The lowest BCUT2D eigenvalue weighted by Gasteiger charge is -2.15. The molecule has 2 heterocycles. The highest BCUT2D eigenvalue weighted by atomic mass is 16.4. The molecule has 1 amide bonds. The second kappa shape index (κ2) is 6.38. The highest BCUT2D eigenvalue weighted by molar-refractivity contribution is 6.02. The number of anilines is 1. The summed E-state index contributed by atoms with van der Waals surface area (Å²) < 4.78 is 5.58. The van der Waals surface area contributed by atoms with Crippen molar-refractivity contribution in [3.05, 3.63) is 35.4 Å². The Balaban J connectivity index is 2.01. The fourth-order valence-corrected chi connectivity index (χ4v) is 1.90. The molecule has 2 aromatic rings. The summed E-state index contributed by atoms with van der Waals surface area (Å²) in [6.07, 6.45) is 1.66. The Morgan fingerprint density at radius 1 is 1.40 bits per heavy atom. The van der Waals surface area contributed by atoms with Crippen LogP contribution in [0.15, 0.2) is 22.7 Å². The Morgan fingerprint density at radius 3 is 2.75 bits per heavy atom. The van der Waals surface area contributed by atoms with Crippen LogP contribution in [0.1, 0.15) is 35.7 Å². The fraction of sp³-hybridized carbons (Fsp3) is 0.429. The first-order valence-corrected chi connectivity index (χ1v) is 6.76. The molecule has 0 aliphatic carbocycles. The third kappa shape index (κ3) is 3.27. The van der Waals surface area contributed by atoms with E-state index in [4.69, 9.17) is 4.42 Å². The monoisotopic (exact) mass is 276 g/mol. The summed E-state index contributed by atoms with van der Waals surface area (Å²) >= 11 is 0. The predicted molar refractivity (Wildman–Crippen MR) is 76.6 cm³/mol. The molecular weight excluding hydrogens is 256 g/mol. The molecule has 6 nitrogen and oxygen atoms in total. The lowest BCUT2D eigenvalue weighted by Crippen LogP contribution is -2.21. The van der Waals surface area contributed by atoms with Crippen LogP contribution in [-0.4, -0.2) is 34.1 Å². The molecular formula is C14H20N4O2. The second-order valence-electron chi connectivity index (χ2n) is 4.61. The number of carbonyl (C=O) groups is 1. The van der Waals surface area contributed by atoms with Crippen molar-refractivity contribution in [3.8, 4) is 0 Å². The van der Waals surface area contributed by atoms with Crippen LogP contribution < -0.4 is 5.32 Å². The van der Waals surface area contributed by atoms with Crippen molar-refractivity contribution in [1.82, 2.24) is 15.1 Å². The largest absolute Gasteiger partial charge is 0.455 e. The Hall–Kier alpha value is -2.08. The van der Waals surface area contributed by atoms with Crippen LogP contribution >= 0.6 is 0 Å². The van der Waals surface area contributed by atoms with Gasteiger partial charge in [-0.05, 0) is 32.1 Å². The van der Waals surface area contributed by atoms with E-state index in [0.29, 0.717) is 18.1 Å².